The van der Waals surface area contributed by atoms with Crippen LogP contribution in [0.15, 0.2) is 18.2 Å². The van der Waals surface area contributed by atoms with Crippen LogP contribution in [0.5, 0.6) is 11.5 Å². The van der Waals surface area contributed by atoms with Gasteiger partial charge in [0.05, 0.1) is 13.7 Å². The van der Waals surface area contributed by atoms with Gasteiger partial charge in [-0.1, -0.05) is 19.4 Å². The standard InChI is InChI=1S/C15H23NO4/c1-4-5-8-20-14-9-12(6-7-13(14)19-3)10-16-11(2)15(17)18/h6-7,9,11,16H,4-5,8,10H2,1-3H3,(H,17,18). The number of ether oxygens (including phenoxy) is 2. The zero-order valence-electron chi connectivity index (χ0n) is 12.3. The van der Waals surface area contributed by atoms with Gasteiger partial charge in [0.2, 0.25) is 0 Å². The van der Waals surface area contributed by atoms with Crippen LogP contribution in [0.4, 0.5) is 0 Å². The van der Waals surface area contributed by atoms with Crippen LogP contribution in [-0.4, -0.2) is 30.8 Å². The van der Waals surface area contributed by atoms with E-state index in [0.717, 1.165) is 18.4 Å². The number of rotatable bonds is 9. The number of carboxylic acid groups (broad SMARTS) is 1. The van der Waals surface area contributed by atoms with Crippen molar-refractivity contribution in [3.63, 3.8) is 0 Å². The summed E-state index contributed by atoms with van der Waals surface area (Å²) in [6, 6.07) is 5.04. The molecule has 1 unspecified atom stereocenters. The predicted octanol–water partition coefficient (Wildman–Crippen LogP) is 2.44. The summed E-state index contributed by atoms with van der Waals surface area (Å²) in [6.07, 6.45) is 2.06. The molecule has 0 aromatic heterocycles. The van der Waals surface area contributed by atoms with Crippen molar-refractivity contribution in [1.82, 2.24) is 5.32 Å². The number of unbranched alkanes of at least 4 members (excludes halogenated alkanes) is 1. The molecule has 1 aromatic carbocycles. The molecule has 20 heavy (non-hydrogen) atoms. The van der Waals surface area contributed by atoms with E-state index in [9.17, 15) is 4.79 Å². The molecule has 0 aliphatic carbocycles. The predicted molar refractivity (Wildman–Crippen MR) is 77.3 cm³/mol. The number of carboxylic acids is 1. The van der Waals surface area contributed by atoms with Crippen molar-refractivity contribution in [2.45, 2.75) is 39.3 Å². The zero-order valence-corrected chi connectivity index (χ0v) is 12.3. The summed E-state index contributed by atoms with van der Waals surface area (Å²) in [7, 11) is 1.60. The highest BCUT2D eigenvalue weighted by molar-refractivity contribution is 5.72. The smallest absolute Gasteiger partial charge is 0.320 e. The second-order valence-corrected chi connectivity index (χ2v) is 4.63. The molecule has 0 aliphatic heterocycles. The lowest BCUT2D eigenvalue weighted by atomic mass is 10.2. The molecule has 0 saturated carbocycles. The minimum atomic E-state index is -0.863. The molecule has 0 bridgehead atoms. The van der Waals surface area contributed by atoms with Crippen molar-refractivity contribution in [2.24, 2.45) is 0 Å². The number of nitrogens with one attached hydrogen (secondary N) is 1. The van der Waals surface area contributed by atoms with E-state index in [1.807, 2.05) is 18.2 Å². The molecule has 1 rings (SSSR count). The molecule has 1 atom stereocenters. The van der Waals surface area contributed by atoms with E-state index in [0.29, 0.717) is 24.7 Å². The Kier molecular flexibility index (Phi) is 6.87. The van der Waals surface area contributed by atoms with Gasteiger partial charge in [-0.2, -0.15) is 0 Å². The average molecular weight is 281 g/mol. The van der Waals surface area contributed by atoms with Gasteiger partial charge in [-0.05, 0) is 31.0 Å². The van der Waals surface area contributed by atoms with Crippen molar-refractivity contribution < 1.29 is 19.4 Å². The Bertz CT molecular complexity index is 434. The van der Waals surface area contributed by atoms with E-state index in [1.165, 1.54) is 0 Å². The second kappa shape index (κ2) is 8.43. The van der Waals surface area contributed by atoms with Gasteiger partial charge in [-0.3, -0.25) is 4.79 Å². The first-order valence-corrected chi connectivity index (χ1v) is 6.84. The fraction of sp³-hybridized carbons (Fsp3) is 0.533. The molecular formula is C15H23NO4. The first-order valence-electron chi connectivity index (χ1n) is 6.84. The van der Waals surface area contributed by atoms with Crippen molar-refractivity contribution >= 4 is 5.97 Å². The lowest BCUT2D eigenvalue weighted by Crippen LogP contribution is -2.33. The Morgan fingerprint density at radius 3 is 2.75 bits per heavy atom. The summed E-state index contributed by atoms with van der Waals surface area (Å²) in [5, 5.41) is 11.8. The van der Waals surface area contributed by atoms with Crippen LogP contribution in [0.2, 0.25) is 0 Å². The zero-order chi connectivity index (χ0) is 15.0. The van der Waals surface area contributed by atoms with E-state index < -0.39 is 12.0 Å². The van der Waals surface area contributed by atoms with Gasteiger partial charge in [0.15, 0.2) is 11.5 Å². The minimum absolute atomic E-state index is 0.474. The highest BCUT2D eigenvalue weighted by Gasteiger charge is 2.11. The fourth-order valence-corrected chi connectivity index (χ4v) is 1.63. The lowest BCUT2D eigenvalue weighted by molar-refractivity contribution is -0.139. The van der Waals surface area contributed by atoms with Crippen LogP contribution in [0, 0.1) is 0 Å². The maximum Gasteiger partial charge on any atom is 0.320 e. The molecule has 0 saturated heterocycles. The van der Waals surface area contributed by atoms with Crippen LogP contribution >= 0.6 is 0 Å². The quantitative estimate of drug-likeness (QED) is 0.680. The van der Waals surface area contributed by atoms with E-state index in [2.05, 4.69) is 12.2 Å². The number of aliphatic carboxylic acids is 1. The van der Waals surface area contributed by atoms with Crippen LogP contribution in [0.25, 0.3) is 0 Å². The van der Waals surface area contributed by atoms with Crippen LogP contribution in [0.1, 0.15) is 32.3 Å². The molecule has 0 radical (unpaired) electrons. The van der Waals surface area contributed by atoms with Gasteiger partial charge in [0.25, 0.3) is 0 Å². The molecule has 1 aromatic rings. The number of carbonyl (C=O) groups is 1. The molecular weight excluding hydrogens is 258 g/mol. The summed E-state index contributed by atoms with van der Waals surface area (Å²) < 4.78 is 10.9. The van der Waals surface area contributed by atoms with Crippen LogP contribution in [0.3, 0.4) is 0 Å². The fourth-order valence-electron chi connectivity index (χ4n) is 1.63. The molecule has 0 fully saturated rings. The maximum atomic E-state index is 10.8. The van der Waals surface area contributed by atoms with Gasteiger partial charge < -0.3 is 19.9 Å². The number of methoxy groups -OCH3 is 1. The maximum absolute atomic E-state index is 10.8. The lowest BCUT2D eigenvalue weighted by Gasteiger charge is -2.13. The van der Waals surface area contributed by atoms with E-state index in [1.54, 1.807) is 14.0 Å². The SMILES string of the molecule is CCCCOc1cc(CNC(C)C(=O)O)ccc1OC. The number of benzene rings is 1. The summed E-state index contributed by atoms with van der Waals surface area (Å²) in [6.45, 7) is 4.84. The van der Waals surface area contributed by atoms with Gasteiger partial charge in [0, 0.05) is 6.54 Å². The summed E-state index contributed by atoms with van der Waals surface area (Å²) in [5.74, 6) is 0.525. The molecule has 5 heteroatoms. The molecule has 0 amide bonds. The largest absolute Gasteiger partial charge is 0.493 e. The first-order chi connectivity index (χ1) is 9.58. The number of hydrogen-bond acceptors (Lipinski definition) is 4. The molecule has 112 valence electrons. The second-order valence-electron chi connectivity index (χ2n) is 4.63. The van der Waals surface area contributed by atoms with Crippen molar-refractivity contribution in [1.29, 1.82) is 0 Å². The highest BCUT2D eigenvalue weighted by atomic mass is 16.5. The topological polar surface area (TPSA) is 67.8 Å². The Hall–Kier alpha value is -1.75. The van der Waals surface area contributed by atoms with E-state index in [-0.39, 0.29) is 0 Å². The summed E-state index contributed by atoms with van der Waals surface area (Å²) >= 11 is 0. The third-order valence-electron chi connectivity index (χ3n) is 2.97. The van der Waals surface area contributed by atoms with Crippen molar-refractivity contribution in [2.75, 3.05) is 13.7 Å². The van der Waals surface area contributed by atoms with Crippen LogP contribution in [-0.2, 0) is 11.3 Å². The van der Waals surface area contributed by atoms with Gasteiger partial charge >= 0.3 is 5.97 Å². The van der Waals surface area contributed by atoms with Gasteiger partial charge in [-0.15, -0.1) is 0 Å². The van der Waals surface area contributed by atoms with Gasteiger partial charge in [0.1, 0.15) is 6.04 Å². The third-order valence-corrected chi connectivity index (χ3v) is 2.97. The summed E-state index contributed by atoms with van der Waals surface area (Å²) in [4.78, 5) is 10.8. The molecule has 2 N–H and O–H groups in total. The van der Waals surface area contributed by atoms with E-state index >= 15 is 0 Å². The van der Waals surface area contributed by atoms with Crippen LogP contribution < -0.4 is 14.8 Å². The average Bonchev–Trinajstić information content (AvgIpc) is 2.45. The Morgan fingerprint density at radius 1 is 1.40 bits per heavy atom. The Labute approximate surface area is 119 Å². The molecule has 5 nitrogen and oxygen atoms in total. The van der Waals surface area contributed by atoms with E-state index in [4.69, 9.17) is 14.6 Å². The highest BCUT2D eigenvalue weighted by Crippen LogP contribution is 2.28. The third kappa shape index (κ3) is 5.09. The first kappa shape index (κ1) is 16.3. The van der Waals surface area contributed by atoms with Gasteiger partial charge in [-0.25, -0.2) is 0 Å². The Balaban J connectivity index is 2.68. The Morgan fingerprint density at radius 2 is 2.15 bits per heavy atom. The molecule has 0 aliphatic rings. The normalized spacial score (nSPS) is 11.9. The van der Waals surface area contributed by atoms with Crippen molar-refractivity contribution in [3.8, 4) is 11.5 Å². The number of hydrogen-bond donors (Lipinski definition) is 2. The summed E-state index contributed by atoms with van der Waals surface area (Å²) in [5.41, 5.74) is 0.963. The minimum Gasteiger partial charge on any atom is -0.493 e. The van der Waals surface area contributed by atoms with Crippen molar-refractivity contribution in [3.05, 3.63) is 23.8 Å². The molecule has 0 heterocycles. The molecule has 0 spiro atoms. The monoisotopic (exact) mass is 281 g/mol.